The summed E-state index contributed by atoms with van der Waals surface area (Å²) in [6.45, 7) is 0. The van der Waals surface area contributed by atoms with Gasteiger partial charge in [0.05, 0.1) is 0 Å². The summed E-state index contributed by atoms with van der Waals surface area (Å²) in [7, 11) is 3.27. The van der Waals surface area contributed by atoms with Crippen molar-refractivity contribution in [3.8, 4) is 11.5 Å². The van der Waals surface area contributed by atoms with E-state index in [2.05, 4.69) is 82.4 Å². The maximum absolute atomic E-state index is 3.27. The van der Waals surface area contributed by atoms with Gasteiger partial charge in [-0.05, 0) is 17.5 Å². The maximum atomic E-state index is 3.27. The second kappa shape index (κ2) is 4.47. The summed E-state index contributed by atoms with van der Waals surface area (Å²) in [6, 6.07) is 21.4. The third-order valence-corrected chi connectivity index (χ3v) is 3.93. The van der Waals surface area contributed by atoms with E-state index in [1.54, 1.807) is 0 Å². The van der Waals surface area contributed by atoms with Crippen molar-refractivity contribution in [2.24, 2.45) is 5.92 Å². The molecule has 1 aliphatic carbocycles. The molecule has 1 heteroatoms. The van der Waals surface area contributed by atoms with Gasteiger partial charge in [0.2, 0.25) is 0 Å². The number of rotatable bonds is 2. The van der Waals surface area contributed by atoms with Crippen LogP contribution in [-0.2, 0) is 5.41 Å². The molecule has 0 nitrogen and oxygen atoms in total. The van der Waals surface area contributed by atoms with E-state index in [-0.39, 0.29) is 5.41 Å². The van der Waals surface area contributed by atoms with Crippen molar-refractivity contribution in [3.63, 3.8) is 0 Å². The Morgan fingerprint density at radius 1 is 0.889 bits per heavy atom. The first-order valence-electron chi connectivity index (χ1n) is 6.16. The topological polar surface area (TPSA) is 0 Å². The van der Waals surface area contributed by atoms with Gasteiger partial charge in [-0.1, -0.05) is 60.7 Å². The van der Waals surface area contributed by atoms with Gasteiger partial charge in [0.1, 0.15) is 10.2 Å². The highest BCUT2D eigenvalue weighted by molar-refractivity contribution is 6.22. The van der Waals surface area contributed by atoms with E-state index in [1.165, 1.54) is 11.1 Å². The van der Waals surface area contributed by atoms with Crippen LogP contribution in [0, 0.1) is 17.4 Å². The highest BCUT2D eigenvalue weighted by atomic mass is 28.1. The van der Waals surface area contributed by atoms with E-state index < -0.39 is 0 Å². The SMILES string of the molecule is [Si]C#C[C@H]1CC1(c1ccccc1)c1ccccc1. The van der Waals surface area contributed by atoms with E-state index in [9.17, 15) is 0 Å². The van der Waals surface area contributed by atoms with Crippen molar-refractivity contribution < 1.29 is 0 Å². The smallest absolute Gasteiger partial charge is 0.138 e. The van der Waals surface area contributed by atoms with Crippen LogP contribution in [0.1, 0.15) is 17.5 Å². The normalized spacial score (nSPS) is 19.7. The van der Waals surface area contributed by atoms with Crippen molar-refractivity contribution in [2.45, 2.75) is 11.8 Å². The molecule has 3 rings (SSSR count). The molecule has 2 aromatic carbocycles. The molecule has 3 radical (unpaired) electrons. The summed E-state index contributed by atoms with van der Waals surface area (Å²) in [5, 5.41) is 0. The lowest BCUT2D eigenvalue weighted by atomic mass is 9.86. The van der Waals surface area contributed by atoms with E-state index >= 15 is 0 Å². The zero-order valence-electron chi connectivity index (χ0n) is 10.1. The Labute approximate surface area is 111 Å². The van der Waals surface area contributed by atoms with Gasteiger partial charge in [0, 0.05) is 11.3 Å². The van der Waals surface area contributed by atoms with Crippen LogP contribution in [-0.4, -0.2) is 10.2 Å². The van der Waals surface area contributed by atoms with Crippen LogP contribution in [0.2, 0.25) is 0 Å². The van der Waals surface area contributed by atoms with Crippen LogP contribution in [0.15, 0.2) is 60.7 Å². The summed E-state index contributed by atoms with van der Waals surface area (Å²) >= 11 is 0. The first-order chi connectivity index (χ1) is 8.88. The number of hydrogen-bond acceptors (Lipinski definition) is 0. The lowest BCUT2D eigenvalue weighted by Crippen LogP contribution is -2.11. The van der Waals surface area contributed by atoms with Gasteiger partial charge in [-0.3, -0.25) is 0 Å². The lowest BCUT2D eigenvalue weighted by Gasteiger charge is -2.17. The molecule has 0 unspecified atom stereocenters. The average molecular weight is 245 g/mol. The number of hydrogen-bond donors (Lipinski definition) is 0. The van der Waals surface area contributed by atoms with E-state index in [0.29, 0.717) is 5.92 Å². The van der Waals surface area contributed by atoms with Crippen LogP contribution in [0.3, 0.4) is 0 Å². The quantitative estimate of drug-likeness (QED) is 0.563. The van der Waals surface area contributed by atoms with Gasteiger partial charge >= 0.3 is 0 Å². The van der Waals surface area contributed by atoms with Crippen molar-refractivity contribution in [1.82, 2.24) is 0 Å². The van der Waals surface area contributed by atoms with Crippen LogP contribution in [0.5, 0.6) is 0 Å². The second-order valence-corrected chi connectivity index (χ2v) is 4.98. The van der Waals surface area contributed by atoms with Gasteiger partial charge in [-0.2, -0.15) is 0 Å². The molecule has 0 N–H and O–H groups in total. The van der Waals surface area contributed by atoms with Gasteiger partial charge in [0.25, 0.3) is 0 Å². The van der Waals surface area contributed by atoms with Gasteiger partial charge in [0.15, 0.2) is 0 Å². The molecule has 2 aromatic rings. The van der Waals surface area contributed by atoms with Gasteiger partial charge in [-0.15, -0.1) is 11.5 Å². The molecular weight excluding hydrogens is 232 g/mol. The summed E-state index contributed by atoms with van der Waals surface area (Å²) in [4.78, 5) is 0. The minimum Gasteiger partial charge on any atom is -0.138 e. The van der Waals surface area contributed by atoms with Crippen molar-refractivity contribution in [3.05, 3.63) is 71.8 Å². The molecule has 18 heavy (non-hydrogen) atoms. The number of benzene rings is 2. The van der Waals surface area contributed by atoms with Gasteiger partial charge in [-0.25, -0.2) is 0 Å². The predicted octanol–water partition coefficient (Wildman–Crippen LogP) is 3.12. The molecule has 1 fully saturated rings. The van der Waals surface area contributed by atoms with E-state index in [1.807, 2.05) is 0 Å². The highest BCUT2D eigenvalue weighted by Crippen LogP contribution is 2.58. The molecule has 0 saturated heterocycles. The van der Waals surface area contributed by atoms with Gasteiger partial charge < -0.3 is 0 Å². The fourth-order valence-electron chi connectivity index (χ4n) is 2.80. The molecule has 0 bridgehead atoms. The Morgan fingerprint density at radius 3 is 1.83 bits per heavy atom. The Bertz CT molecular complexity index is 550. The zero-order valence-corrected chi connectivity index (χ0v) is 11.1. The average Bonchev–Trinajstić information content (AvgIpc) is 3.17. The molecule has 0 spiro atoms. The Hall–Kier alpha value is -1.78. The molecule has 85 valence electrons. The minimum absolute atomic E-state index is 0.0994. The Balaban J connectivity index is 2.10. The fraction of sp³-hybridized carbons (Fsp3) is 0.176. The molecule has 0 aromatic heterocycles. The molecule has 1 saturated carbocycles. The van der Waals surface area contributed by atoms with Crippen molar-refractivity contribution >= 4 is 10.2 Å². The largest absolute Gasteiger partial charge is 0.147 e. The van der Waals surface area contributed by atoms with E-state index in [0.717, 1.165) is 6.42 Å². The first kappa shape index (κ1) is 11.3. The first-order valence-corrected chi connectivity index (χ1v) is 6.66. The van der Waals surface area contributed by atoms with Crippen LogP contribution in [0.25, 0.3) is 0 Å². The van der Waals surface area contributed by atoms with Crippen LogP contribution < -0.4 is 0 Å². The monoisotopic (exact) mass is 245 g/mol. The second-order valence-electron chi connectivity index (χ2n) is 4.73. The summed E-state index contributed by atoms with van der Waals surface area (Å²) in [5.41, 5.74) is 5.72. The molecule has 0 amide bonds. The standard InChI is InChI=1S/C17H13Si/c18-12-11-16-13-17(16,14-7-3-1-4-8-14)15-9-5-2-6-10-15/h1-10,16H,13H2/t16-/m0/s1. The lowest BCUT2D eigenvalue weighted by molar-refractivity contribution is 0.801. The Morgan fingerprint density at radius 2 is 1.39 bits per heavy atom. The highest BCUT2D eigenvalue weighted by Gasteiger charge is 2.55. The third-order valence-electron chi connectivity index (χ3n) is 3.79. The van der Waals surface area contributed by atoms with Crippen molar-refractivity contribution in [2.75, 3.05) is 0 Å². The van der Waals surface area contributed by atoms with Crippen LogP contribution in [0.4, 0.5) is 0 Å². The molecule has 0 aliphatic heterocycles. The molecule has 1 aliphatic rings. The summed E-state index contributed by atoms with van der Waals surface area (Å²) < 4.78 is 0. The fourth-order valence-corrected chi connectivity index (χ4v) is 2.97. The molecule has 0 heterocycles. The third kappa shape index (κ3) is 1.70. The minimum atomic E-state index is 0.0994. The van der Waals surface area contributed by atoms with Crippen molar-refractivity contribution in [1.29, 1.82) is 0 Å². The molecule has 1 atom stereocenters. The summed E-state index contributed by atoms with van der Waals surface area (Å²) in [5.74, 6) is 3.69. The molecular formula is C17H13Si. The maximum Gasteiger partial charge on any atom is 0.147 e. The van der Waals surface area contributed by atoms with Crippen LogP contribution >= 0.6 is 0 Å². The predicted molar refractivity (Wildman–Crippen MR) is 75.3 cm³/mol. The summed E-state index contributed by atoms with van der Waals surface area (Å²) in [6.07, 6.45) is 1.11. The van der Waals surface area contributed by atoms with E-state index in [4.69, 9.17) is 0 Å². The zero-order chi connectivity index (χ0) is 12.4. The Kier molecular flexibility index (Phi) is 2.81.